The molecule has 1 aromatic carbocycles. The fraction of sp³-hybridized carbons (Fsp3) is 0.577. The zero-order chi connectivity index (χ0) is 23.6. The second-order valence-electron chi connectivity index (χ2n) is 9.21. The lowest BCUT2D eigenvalue weighted by atomic mass is 9.62. The summed E-state index contributed by atoms with van der Waals surface area (Å²) in [7, 11) is 0. The number of aromatic amines is 1. The van der Waals surface area contributed by atoms with E-state index < -0.39 is 29.4 Å². The smallest absolute Gasteiger partial charge is 0.325 e. The molecule has 7 nitrogen and oxygen atoms in total. The molecule has 2 aliphatic heterocycles. The topological polar surface area (TPSA) is 91.6 Å². The molecule has 0 fully saturated rings. The van der Waals surface area contributed by atoms with Crippen LogP contribution in [0.1, 0.15) is 57.7 Å². The van der Waals surface area contributed by atoms with Crippen LogP contribution >= 0.6 is 0 Å². The summed E-state index contributed by atoms with van der Waals surface area (Å²) in [5, 5.41) is 11.7. The molecular formula is C26H35N2O5+. The Kier molecular flexibility index (Phi) is 6.61. The molecule has 1 atom stereocenters. The van der Waals surface area contributed by atoms with Crippen LogP contribution in [0.2, 0.25) is 0 Å². The van der Waals surface area contributed by atoms with Crippen molar-refractivity contribution in [2.75, 3.05) is 32.9 Å². The van der Waals surface area contributed by atoms with Gasteiger partial charge < -0.3 is 19.6 Å². The van der Waals surface area contributed by atoms with Gasteiger partial charge >= 0.3 is 11.9 Å². The molecule has 2 N–H and O–H groups in total. The van der Waals surface area contributed by atoms with E-state index in [9.17, 15) is 14.7 Å². The van der Waals surface area contributed by atoms with Crippen LogP contribution in [0.4, 0.5) is 0 Å². The van der Waals surface area contributed by atoms with E-state index in [2.05, 4.69) is 34.7 Å². The van der Waals surface area contributed by atoms with Crippen LogP contribution in [-0.4, -0.2) is 65.2 Å². The first-order valence-corrected chi connectivity index (χ1v) is 12.1. The first-order valence-electron chi connectivity index (χ1n) is 12.1. The Bertz CT molecular complexity index is 1070. The lowest BCUT2D eigenvalue weighted by Gasteiger charge is -2.41. The number of nitrogens with one attached hydrogen (secondary N) is 1. The average Bonchev–Trinajstić information content (AvgIpc) is 3.21. The third-order valence-corrected chi connectivity index (χ3v) is 7.50. The van der Waals surface area contributed by atoms with Gasteiger partial charge in [-0.1, -0.05) is 25.1 Å². The van der Waals surface area contributed by atoms with E-state index in [1.807, 2.05) is 6.07 Å². The van der Waals surface area contributed by atoms with Gasteiger partial charge in [-0.3, -0.25) is 9.59 Å². The molecule has 4 rings (SSSR count). The second-order valence-corrected chi connectivity index (χ2v) is 9.21. The van der Waals surface area contributed by atoms with Crippen LogP contribution in [0.5, 0.6) is 0 Å². The summed E-state index contributed by atoms with van der Waals surface area (Å²) in [6.07, 6.45) is 3.62. The maximum absolute atomic E-state index is 13.2. The molecule has 7 heteroatoms. The van der Waals surface area contributed by atoms with Crippen molar-refractivity contribution in [3.8, 4) is 0 Å². The molecule has 0 bridgehead atoms. The molecule has 3 heterocycles. The van der Waals surface area contributed by atoms with Crippen LogP contribution < -0.4 is 0 Å². The summed E-state index contributed by atoms with van der Waals surface area (Å²) in [5.41, 5.74) is 2.41. The molecule has 33 heavy (non-hydrogen) atoms. The number of aliphatic hydroxyl groups excluding tert-OH is 1. The molecule has 0 spiro atoms. The fourth-order valence-corrected chi connectivity index (χ4v) is 5.90. The average molecular weight is 456 g/mol. The Hall–Kier alpha value is -2.67. The van der Waals surface area contributed by atoms with Gasteiger partial charge in [0.2, 0.25) is 5.71 Å². The van der Waals surface area contributed by atoms with Gasteiger partial charge in [-0.15, -0.1) is 0 Å². The number of carbonyl (C=O) groups is 2. The van der Waals surface area contributed by atoms with Crippen LogP contribution in [0.3, 0.4) is 0 Å². The Morgan fingerprint density at radius 2 is 1.82 bits per heavy atom. The SMILES string of the molecule is CCOC(=O)C(CO)(CC1(CC)CCC[N+]2=C1c1[nH]c3ccccc3c1CC2)C(=O)OCC. The van der Waals surface area contributed by atoms with Gasteiger partial charge in [0.1, 0.15) is 18.8 Å². The molecule has 0 radical (unpaired) electrons. The maximum Gasteiger partial charge on any atom is 0.325 e. The lowest BCUT2D eigenvalue weighted by Crippen LogP contribution is -2.54. The summed E-state index contributed by atoms with van der Waals surface area (Å²) < 4.78 is 13.0. The number of rotatable bonds is 8. The van der Waals surface area contributed by atoms with Gasteiger partial charge in [-0.05, 0) is 44.7 Å². The first kappa shape index (κ1) is 23.5. The predicted octanol–water partition coefficient (Wildman–Crippen LogP) is 3.21. The largest absolute Gasteiger partial charge is 0.465 e. The van der Waals surface area contributed by atoms with Gasteiger partial charge in [-0.25, -0.2) is 4.58 Å². The molecule has 0 saturated carbocycles. The molecule has 1 aromatic heterocycles. The van der Waals surface area contributed by atoms with Crippen LogP contribution in [-0.2, 0) is 25.5 Å². The van der Waals surface area contributed by atoms with Crippen molar-refractivity contribution in [1.29, 1.82) is 0 Å². The van der Waals surface area contributed by atoms with Crippen LogP contribution in [0.25, 0.3) is 10.9 Å². The van der Waals surface area contributed by atoms with Crippen molar-refractivity contribution in [3.63, 3.8) is 0 Å². The highest BCUT2D eigenvalue weighted by Gasteiger charge is 2.58. The van der Waals surface area contributed by atoms with Crippen molar-refractivity contribution in [2.24, 2.45) is 10.8 Å². The molecule has 1 unspecified atom stereocenters. The number of benzene rings is 1. The Morgan fingerprint density at radius 1 is 1.12 bits per heavy atom. The quantitative estimate of drug-likeness (QED) is 0.362. The summed E-state index contributed by atoms with van der Waals surface area (Å²) in [5.74, 6) is -1.41. The van der Waals surface area contributed by atoms with E-state index in [1.165, 1.54) is 10.9 Å². The van der Waals surface area contributed by atoms with E-state index in [0.29, 0.717) is 0 Å². The zero-order valence-electron chi connectivity index (χ0n) is 19.9. The molecule has 2 aromatic rings. The maximum atomic E-state index is 13.2. The van der Waals surface area contributed by atoms with Crippen LogP contribution in [0, 0.1) is 10.8 Å². The van der Waals surface area contributed by atoms with E-state index in [-0.39, 0.29) is 19.6 Å². The standard InChI is InChI=1S/C26H34N2O5/c1-4-25(16-26(17-29,23(30)32-5-2)24(31)33-6-3)13-9-14-28-15-12-19-18-10-7-8-11-20(18)27-21(19)22(25)28/h7-8,10-11,29H,4-6,9,12-17H2,1-3H3/p+1. The van der Waals surface area contributed by atoms with Crippen molar-refractivity contribution >= 4 is 28.6 Å². The van der Waals surface area contributed by atoms with Crippen molar-refractivity contribution in [1.82, 2.24) is 4.98 Å². The van der Waals surface area contributed by atoms with Crippen molar-refractivity contribution in [3.05, 3.63) is 35.5 Å². The number of H-pyrrole nitrogens is 1. The third kappa shape index (κ3) is 3.76. The first-order chi connectivity index (χ1) is 16.0. The summed E-state index contributed by atoms with van der Waals surface area (Å²) in [4.78, 5) is 30.0. The molecule has 0 saturated heterocycles. The molecule has 0 aliphatic carbocycles. The second kappa shape index (κ2) is 9.29. The number of ether oxygens (including phenoxy) is 2. The normalized spacial score (nSPS) is 20.4. The highest BCUT2D eigenvalue weighted by Crippen LogP contribution is 2.48. The van der Waals surface area contributed by atoms with E-state index >= 15 is 0 Å². The Morgan fingerprint density at radius 3 is 2.45 bits per heavy atom. The number of nitrogens with zero attached hydrogens (tertiary/aromatic N) is 1. The molecule has 0 amide bonds. The highest BCUT2D eigenvalue weighted by atomic mass is 16.6. The summed E-state index contributed by atoms with van der Waals surface area (Å²) in [6.45, 7) is 6.98. The monoisotopic (exact) mass is 455 g/mol. The number of para-hydroxylation sites is 1. The van der Waals surface area contributed by atoms with E-state index in [1.54, 1.807) is 13.8 Å². The van der Waals surface area contributed by atoms with Crippen LogP contribution in [0.15, 0.2) is 24.3 Å². The van der Waals surface area contributed by atoms with Crippen molar-refractivity contribution in [2.45, 2.75) is 52.9 Å². The van der Waals surface area contributed by atoms with Gasteiger partial charge in [0.05, 0.1) is 25.2 Å². The van der Waals surface area contributed by atoms with Gasteiger partial charge in [0.25, 0.3) is 0 Å². The fourth-order valence-electron chi connectivity index (χ4n) is 5.90. The molecular weight excluding hydrogens is 420 g/mol. The van der Waals surface area contributed by atoms with E-state index in [0.717, 1.165) is 55.7 Å². The molecule has 2 aliphatic rings. The number of hydrogen-bond donors (Lipinski definition) is 2. The number of fused-ring (bicyclic) bond motifs is 4. The summed E-state index contributed by atoms with van der Waals surface area (Å²) >= 11 is 0. The minimum atomic E-state index is -1.75. The number of aromatic nitrogens is 1. The Labute approximate surface area is 194 Å². The predicted molar refractivity (Wildman–Crippen MR) is 125 cm³/mol. The summed E-state index contributed by atoms with van der Waals surface area (Å²) in [6, 6.07) is 8.32. The highest BCUT2D eigenvalue weighted by molar-refractivity contribution is 6.08. The number of esters is 2. The third-order valence-electron chi connectivity index (χ3n) is 7.50. The number of carbonyl (C=O) groups excluding carboxylic acids is 2. The number of aliphatic hydroxyl groups is 1. The minimum absolute atomic E-state index is 0.133. The minimum Gasteiger partial charge on any atom is -0.465 e. The molecule has 178 valence electrons. The number of hydrogen-bond acceptors (Lipinski definition) is 5. The lowest BCUT2D eigenvalue weighted by molar-refractivity contribution is -0.538. The van der Waals surface area contributed by atoms with E-state index in [4.69, 9.17) is 9.47 Å². The zero-order valence-corrected chi connectivity index (χ0v) is 19.9. The van der Waals surface area contributed by atoms with Gasteiger partial charge in [-0.2, -0.15) is 0 Å². The van der Waals surface area contributed by atoms with Gasteiger partial charge in [0.15, 0.2) is 5.41 Å². The van der Waals surface area contributed by atoms with Gasteiger partial charge in [0, 0.05) is 23.7 Å². The van der Waals surface area contributed by atoms with Crippen molar-refractivity contribution < 1.29 is 28.7 Å². The Balaban J connectivity index is 1.87.